The Morgan fingerprint density at radius 3 is 2.23 bits per heavy atom. The molecule has 0 radical (unpaired) electrons. The maximum Gasteiger partial charge on any atom is 0.321 e. The number of rotatable bonds is 4. The van der Waals surface area contributed by atoms with Crippen LogP contribution < -0.4 is 0 Å². The van der Waals surface area contributed by atoms with E-state index in [9.17, 15) is 34.7 Å². The van der Waals surface area contributed by atoms with Gasteiger partial charge in [0, 0.05) is 35.2 Å². The van der Waals surface area contributed by atoms with Gasteiger partial charge in [-0.1, -0.05) is 18.2 Å². The summed E-state index contributed by atoms with van der Waals surface area (Å²) in [5.41, 5.74) is -0.221. The molecule has 1 aliphatic carbocycles. The van der Waals surface area contributed by atoms with Gasteiger partial charge >= 0.3 is 11.9 Å². The SMILES string of the molecule is O=C(c1ccc([N+](=O)[O-])cc1)n1c2c(c3ccccc31)CC(C(=O)O)(C(=O)O)CC2. The van der Waals surface area contributed by atoms with Crippen LogP contribution in [0.2, 0.25) is 0 Å². The molecule has 0 atom stereocenters. The number of fused-ring (bicyclic) bond motifs is 3. The number of nitrogens with zero attached hydrogens (tertiary/aromatic N) is 2. The first-order valence-electron chi connectivity index (χ1n) is 9.13. The zero-order chi connectivity index (χ0) is 21.6. The minimum absolute atomic E-state index is 0.0985. The summed E-state index contributed by atoms with van der Waals surface area (Å²) >= 11 is 0. The van der Waals surface area contributed by atoms with Crippen LogP contribution in [0.3, 0.4) is 0 Å². The number of non-ortho nitro benzene ring substituents is 1. The summed E-state index contributed by atoms with van der Waals surface area (Å²) < 4.78 is 1.46. The summed E-state index contributed by atoms with van der Waals surface area (Å²) in [7, 11) is 0. The summed E-state index contributed by atoms with van der Waals surface area (Å²) in [6.07, 6.45) is -0.274. The summed E-state index contributed by atoms with van der Waals surface area (Å²) in [4.78, 5) is 47.2. The molecule has 0 unspecified atom stereocenters. The zero-order valence-corrected chi connectivity index (χ0v) is 15.6. The second-order valence-corrected chi connectivity index (χ2v) is 7.26. The van der Waals surface area contributed by atoms with Gasteiger partial charge < -0.3 is 10.2 Å². The number of para-hydroxylation sites is 1. The van der Waals surface area contributed by atoms with Crippen LogP contribution in [0, 0.1) is 15.5 Å². The van der Waals surface area contributed by atoms with Crippen LogP contribution in [0.1, 0.15) is 28.0 Å². The molecule has 1 aliphatic rings. The van der Waals surface area contributed by atoms with Crippen molar-refractivity contribution in [3.05, 3.63) is 75.5 Å². The lowest BCUT2D eigenvalue weighted by atomic mass is 9.72. The average molecular weight is 408 g/mol. The quantitative estimate of drug-likeness (QED) is 0.384. The first-order chi connectivity index (χ1) is 14.3. The number of hydrogen-bond donors (Lipinski definition) is 2. The Morgan fingerprint density at radius 2 is 1.63 bits per heavy atom. The number of carbonyl (C=O) groups excluding carboxylic acids is 1. The van der Waals surface area contributed by atoms with Crippen molar-refractivity contribution >= 4 is 34.4 Å². The minimum atomic E-state index is -1.95. The standard InChI is InChI=1S/C21H16N2O7/c24-18(12-5-7-13(8-6-12)23(29)30)22-16-4-2-1-3-14(16)15-11-21(19(25)26,20(27)28)10-9-17(15)22/h1-8H,9-11H2,(H,25,26)(H,27,28). The molecule has 9 nitrogen and oxygen atoms in total. The first kappa shape index (κ1) is 19.3. The van der Waals surface area contributed by atoms with E-state index in [-0.39, 0.29) is 30.5 Å². The van der Waals surface area contributed by atoms with Gasteiger partial charge in [0.1, 0.15) is 0 Å². The molecule has 2 aromatic carbocycles. The number of aromatic nitrogens is 1. The molecule has 0 fully saturated rings. The maximum atomic E-state index is 13.3. The van der Waals surface area contributed by atoms with Gasteiger partial charge in [0.05, 0.1) is 10.4 Å². The molecule has 152 valence electrons. The summed E-state index contributed by atoms with van der Waals surface area (Å²) in [6.45, 7) is 0. The Morgan fingerprint density at radius 1 is 1.00 bits per heavy atom. The zero-order valence-electron chi connectivity index (χ0n) is 15.6. The van der Waals surface area contributed by atoms with E-state index in [0.717, 1.165) is 0 Å². The van der Waals surface area contributed by atoms with Crippen LogP contribution in [-0.4, -0.2) is 37.5 Å². The van der Waals surface area contributed by atoms with Crippen LogP contribution in [0.25, 0.3) is 10.9 Å². The topological polar surface area (TPSA) is 140 Å². The van der Waals surface area contributed by atoms with E-state index >= 15 is 0 Å². The highest BCUT2D eigenvalue weighted by Crippen LogP contribution is 2.41. The molecule has 2 N–H and O–H groups in total. The number of hydrogen-bond acceptors (Lipinski definition) is 5. The normalized spacial score (nSPS) is 14.8. The van der Waals surface area contributed by atoms with Gasteiger partial charge in [-0.3, -0.25) is 29.1 Å². The van der Waals surface area contributed by atoms with Crippen LogP contribution in [-0.2, 0) is 22.4 Å². The molecule has 3 aromatic rings. The molecule has 0 spiro atoms. The van der Waals surface area contributed by atoms with Crippen LogP contribution in [0.5, 0.6) is 0 Å². The minimum Gasteiger partial charge on any atom is -0.480 e. The number of carbonyl (C=O) groups is 3. The molecule has 9 heteroatoms. The highest BCUT2D eigenvalue weighted by atomic mass is 16.6. The van der Waals surface area contributed by atoms with Crippen LogP contribution in [0.15, 0.2) is 48.5 Å². The Labute approximate surface area is 169 Å². The third-order valence-corrected chi connectivity index (χ3v) is 5.70. The van der Waals surface area contributed by atoms with E-state index in [1.54, 1.807) is 24.3 Å². The second kappa shape index (κ2) is 6.80. The van der Waals surface area contributed by atoms with Gasteiger partial charge in [0.25, 0.3) is 11.6 Å². The van der Waals surface area contributed by atoms with Gasteiger partial charge in [0.15, 0.2) is 5.41 Å². The first-order valence-corrected chi connectivity index (χ1v) is 9.13. The molecule has 4 rings (SSSR count). The predicted octanol–water partition coefficient (Wildman–Crippen LogP) is 2.88. The summed E-state index contributed by atoms with van der Waals surface area (Å²) in [5, 5.41) is 30.7. The van der Waals surface area contributed by atoms with Gasteiger partial charge in [-0.15, -0.1) is 0 Å². The number of carboxylic acids is 2. The fourth-order valence-corrected chi connectivity index (χ4v) is 4.08. The predicted molar refractivity (Wildman–Crippen MR) is 104 cm³/mol. The number of nitro groups is 1. The van der Waals surface area contributed by atoms with Crippen molar-refractivity contribution in [2.75, 3.05) is 0 Å². The molecular weight excluding hydrogens is 392 g/mol. The largest absolute Gasteiger partial charge is 0.480 e. The molecule has 0 bridgehead atoms. The molecular formula is C21H16N2O7. The molecule has 1 aromatic heterocycles. The maximum absolute atomic E-state index is 13.3. The molecule has 30 heavy (non-hydrogen) atoms. The number of aliphatic carboxylic acids is 2. The van der Waals surface area contributed by atoms with E-state index in [1.807, 2.05) is 0 Å². The molecule has 0 aliphatic heterocycles. The monoisotopic (exact) mass is 408 g/mol. The van der Waals surface area contributed by atoms with E-state index in [0.29, 0.717) is 22.2 Å². The van der Waals surface area contributed by atoms with Crippen molar-refractivity contribution in [1.82, 2.24) is 4.57 Å². The highest BCUT2D eigenvalue weighted by molar-refractivity contribution is 6.05. The third kappa shape index (κ3) is 2.74. The number of nitro benzene ring substituents is 1. The van der Waals surface area contributed by atoms with Crippen LogP contribution in [0.4, 0.5) is 5.69 Å². The van der Waals surface area contributed by atoms with Gasteiger partial charge in [0.2, 0.25) is 0 Å². The lowest BCUT2D eigenvalue weighted by molar-refractivity contribution is -0.384. The molecule has 0 saturated carbocycles. The van der Waals surface area contributed by atoms with E-state index in [2.05, 4.69) is 0 Å². The fraction of sp³-hybridized carbons (Fsp3) is 0.190. The molecule has 0 amide bonds. The van der Waals surface area contributed by atoms with Gasteiger partial charge in [-0.05, 0) is 36.6 Å². The highest BCUT2D eigenvalue weighted by Gasteiger charge is 2.50. The third-order valence-electron chi connectivity index (χ3n) is 5.70. The molecule has 1 heterocycles. The van der Waals surface area contributed by atoms with E-state index in [1.165, 1.54) is 28.8 Å². The Hall–Kier alpha value is -4.01. The Bertz CT molecular complexity index is 1210. The van der Waals surface area contributed by atoms with Gasteiger partial charge in [-0.2, -0.15) is 0 Å². The number of carboxylic acid groups (broad SMARTS) is 2. The van der Waals surface area contributed by atoms with E-state index < -0.39 is 28.2 Å². The van der Waals surface area contributed by atoms with Crippen molar-refractivity contribution in [1.29, 1.82) is 0 Å². The van der Waals surface area contributed by atoms with Crippen molar-refractivity contribution < 1.29 is 29.5 Å². The average Bonchev–Trinajstić information content (AvgIpc) is 3.06. The van der Waals surface area contributed by atoms with Crippen molar-refractivity contribution in [3.63, 3.8) is 0 Å². The fourth-order valence-electron chi connectivity index (χ4n) is 4.08. The Balaban J connectivity index is 1.87. The Kier molecular flexibility index (Phi) is 4.38. The van der Waals surface area contributed by atoms with Crippen molar-refractivity contribution in [3.8, 4) is 0 Å². The van der Waals surface area contributed by atoms with Crippen LogP contribution >= 0.6 is 0 Å². The summed E-state index contributed by atoms with van der Waals surface area (Å²) in [6, 6.07) is 12.1. The van der Waals surface area contributed by atoms with Crippen molar-refractivity contribution in [2.24, 2.45) is 5.41 Å². The smallest absolute Gasteiger partial charge is 0.321 e. The van der Waals surface area contributed by atoms with Crippen molar-refractivity contribution in [2.45, 2.75) is 19.3 Å². The van der Waals surface area contributed by atoms with Gasteiger partial charge in [-0.25, -0.2) is 0 Å². The molecule has 0 saturated heterocycles. The lowest BCUT2D eigenvalue weighted by Gasteiger charge is -2.29. The summed E-state index contributed by atoms with van der Waals surface area (Å²) in [5.74, 6) is -3.22. The lowest BCUT2D eigenvalue weighted by Crippen LogP contribution is -2.44. The second-order valence-electron chi connectivity index (χ2n) is 7.26. The van der Waals surface area contributed by atoms with E-state index in [4.69, 9.17) is 0 Å². The number of benzene rings is 2.